The molecule has 118 valence electrons. The monoisotopic (exact) mass is 292 g/mol. The Balaban J connectivity index is 1.87. The summed E-state index contributed by atoms with van der Waals surface area (Å²) < 4.78 is 1.56. The summed E-state index contributed by atoms with van der Waals surface area (Å²) in [6.45, 7) is 7.43. The molecular formula is C16H28N4O. The molecule has 1 heterocycles. The second-order valence-corrected chi connectivity index (χ2v) is 5.74. The first-order chi connectivity index (χ1) is 10.2. The van der Waals surface area contributed by atoms with Gasteiger partial charge in [0, 0.05) is 31.7 Å². The van der Waals surface area contributed by atoms with Crippen molar-refractivity contribution in [2.45, 2.75) is 58.5 Å². The van der Waals surface area contributed by atoms with Gasteiger partial charge in [-0.3, -0.25) is 4.79 Å². The Morgan fingerprint density at radius 1 is 1.29 bits per heavy atom. The van der Waals surface area contributed by atoms with Gasteiger partial charge in [-0.2, -0.15) is 5.10 Å². The second-order valence-electron chi connectivity index (χ2n) is 5.74. The average molecular weight is 292 g/mol. The quantitative estimate of drug-likeness (QED) is 0.835. The average Bonchev–Trinajstić information content (AvgIpc) is 2.51. The zero-order valence-electron chi connectivity index (χ0n) is 13.3. The van der Waals surface area contributed by atoms with Crippen molar-refractivity contribution >= 4 is 5.69 Å². The van der Waals surface area contributed by atoms with Crippen molar-refractivity contribution in [3.63, 3.8) is 0 Å². The van der Waals surface area contributed by atoms with E-state index in [9.17, 15) is 4.79 Å². The van der Waals surface area contributed by atoms with Gasteiger partial charge in [0.2, 0.25) is 0 Å². The van der Waals surface area contributed by atoms with Gasteiger partial charge in [0.25, 0.3) is 5.56 Å². The maximum Gasteiger partial charge on any atom is 0.268 e. The molecule has 1 aliphatic rings. The molecule has 0 atom stereocenters. The molecule has 1 aliphatic carbocycles. The molecule has 1 fully saturated rings. The minimum atomic E-state index is -0.00940. The Labute approximate surface area is 127 Å². The number of hydrogen-bond donors (Lipinski definition) is 1. The number of aromatic nitrogens is 2. The molecule has 0 bridgehead atoms. The summed E-state index contributed by atoms with van der Waals surface area (Å²) >= 11 is 0. The number of rotatable bonds is 7. The van der Waals surface area contributed by atoms with E-state index < -0.39 is 0 Å². The third-order valence-corrected chi connectivity index (χ3v) is 4.35. The Kier molecular flexibility index (Phi) is 6.23. The SMILES string of the molecule is CCN(CC)c1cnn(CCNC2CCCCC2)c(=O)c1. The van der Waals surface area contributed by atoms with Gasteiger partial charge in [0.1, 0.15) is 0 Å². The van der Waals surface area contributed by atoms with Gasteiger partial charge in [0.05, 0.1) is 18.4 Å². The van der Waals surface area contributed by atoms with Crippen LogP contribution in [0.1, 0.15) is 46.0 Å². The van der Waals surface area contributed by atoms with Crippen LogP contribution in [0.2, 0.25) is 0 Å². The Hall–Kier alpha value is -1.36. The Bertz CT molecular complexity index is 475. The van der Waals surface area contributed by atoms with E-state index in [2.05, 4.69) is 29.2 Å². The summed E-state index contributed by atoms with van der Waals surface area (Å²) in [5.41, 5.74) is 0.909. The molecule has 5 nitrogen and oxygen atoms in total. The second kappa shape index (κ2) is 8.17. The van der Waals surface area contributed by atoms with Crippen molar-refractivity contribution in [2.75, 3.05) is 24.5 Å². The fourth-order valence-electron chi connectivity index (χ4n) is 3.03. The third kappa shape index (κ3) is 4.56. The van der Waals surface area contributed by atoms with Crippen LogP contribution in [0.4, 0.5) is 5.69 Å². The maximum absolute atomic E-state index is 12.1. The molecule has 0 saturated heterocycles. The number of nitrogens with zero attached hydrogens (tertiary/aromatic N) is 3. The number of hydrogen-bond acceptors (Lipinski definition) is 4. The molecule has 21 heavy (non-hydrogen) atoms. The fourth-order valence-corrected chi connectivity index (χ4v) is 3.03. The minimum absolute atomic E-state index is 0.00940. The summed E-state index contributed by atoms with van der Waals surface area (Å²) in [5.74, 6) is 0. The molecule has 0 spiro atoms. The van der Waals surface area contributed by atoms with Crippen LogP contribution in [-0.2, 0) is 6.54 Å². The van der Waals surface area contributed by atoms with E-state index in [-0.39, 0.29) is 5.56 Å². The Morgan fingerprint density at radius 3 is 2.62 bits per heavy atom. The molecule has 2 rings (SSSR count). The van der Waals surface area contributed by atoms with Crippen molar-refractivity contribution in [2.24, 2.45) is 0 Å². The van der Waals surface area contributed by atoms with Crippen molar-refractivity contribution < 1.29 is 0 Å². The molecular weight excluding hydrogens is 264 g/mol. The molecule has 1 aromatic heterocycles. The molecule has 0 amide bonds. The van der Waals surface area contributed by atoms with Gasteiger partial charge in [-0.25, -0.2) is 4.68 Å². The lowest BCUT2D eigenvalue weighted by atomic mass is 9.95. The zero-order chi connectivity index (χ0) is 15.1. The van der Waals surface area contributed by atoms with Crippen LogP contribution in [0.15, 0.2) is 17.1 Å². The summed E-state index contributed by atoms with van der Waals surface area (Å²) in [6.07, 6.45) is 8.36. The topological polar surface area (TPSA) is 50.2 Å². The normalized spacial score (nSPS) is 16.1. The van der Waals surface area contributed by atoms with E-state index in [1.54, 1.807) is 16.9 Å². The van der Waals surface area contributed by atoms with E-state index in [1.807, 2.05) is 0 Å². The fraction of sp³-hybridized carbons (Fsp3) is 0.750. The molecule has 0 aromatic carbocycles. The molecule has 0 unspecified atom stereocenters. The van der Waals surface area contributed by atoms with E-state index in [4.69, 9.17) is 0 Å². The van der Waals surface area contributed by atoms with Gasteiger partial charge in [-0.15, -0.1) is 0 Å². The zero-order valence-corrected chi connectivity index (χ0v) is 13.3. The highest BCUT2D eigenvalue weighted by molar-refractivity contribution is 5.42. The van der Waals surface area contributed by atoms with Crippen LogP contribution in [0.3, 0.4) is 0 Å². The molecule has 0 radical (unpaired) electrons. The van der Waals surface area contributed by atoms with Gasteiger partial charge in [-0.1, -0.05) is 19.3 Å². The lowest BCUT2D eigenvalue weighted by molar-refractivity contribution is 0.363. The molecule has 1 aromatic rings. The smallest absolute Gasteiger partial charge is 0.268 e. The van der Waals surface area contributed by atoms with Crippen molar-refractivity contribution in [1.29, 1.82) is 0 Å². The van der Waals surface area contributed by atoms with Crippen LogP contribution < -0.4 is 15.8 Å². The van der Waals surface area contributed by atoms with Gasteiger partial charge < -0.3 is 10.2 Å². The van der Waals surface area contributed by atoms with Crippen LogP contribution in [0.5, 0.6) is 0 Å². The summed E-state index contributed by atoms with van der Waals surface area (Å²) in [7, 11) is 0. The van der Waals surface area contributed by atoms with Crippen LogP contribution >= 0.6 is 0 Å². The van der Waals surface area contributed by atoms with Crippen LogP contribution in [0, 0.1) is 0 Å². The minimum Gasteiger partial charge on any atom is -0.371 e. The predicted octanol–water partition coefficient (Wildman–Crippen LogP) is 2.01. The first-order valence-corrected chi connectivity index (χ1v) is 8.30. The first-order valence-electron chi connectivity index (χ1n) is 8.30. The summed E-state index contributed by atoms with van der Waals surface area (Å²) in [4.78, 5) is 14.2. The van der Waals surface area contributed by atoms with Crippen LogP contribution in [-0.4, -0.2) is 35.5 Å². The molecule has 0 aliphatic heterocycles. The first kappa shape index (κ1) is 16.0. The van der Waals surface area contributed by atoms with Gasteiger partial charge in [-0.05, 0) is 26.7 Å². The Morgan fingerprint density at radius 2 is 2.00 bits per heavy atom. The lowest BCUT2D eigenvalue weighted by Gasteiger charge is -2.23. The highest BCUT2D eigenvalue weighted by Crippen LogP contribution is 2.17. The molecule has 5 heteroatoms. The maximum atomic E-state index is 12.1. The molecule has 1 saturated carbocycles. The van der Waals surface area contributed by atoms with E-state index in [1.165, 1.54) is 32.1 Å². The predicted molar refractivity (Wildman–Crippen MR) is 86.9 cm³/mol. The largest absolute Gasteiger partial charge is 0.371 e. The highest BCUT2D eigenvalue weighted by Gasteiger charge is 2.12. The number of nitrogens with one attached hydrogen (secondary N) is 1. The van der Waals surface area contributed by atoms with Crippen molar-refractivity contribution in [3.05, 3.63) is 22.6 Å². The van der Waals surface area contributed by atoms with E-state index >= 15 is 0 Å². The van der Waals surface area contributed by atoms with E-state index in [0.29, 0.717) is 12.6 Å². The molecule has 1 N–H and O–H groups in total. The van der Waals surface area contributed by atoms with Crippen LogP contribution in [0.25, 0.3) is 0 Å². The highest BCUT2D eigenvalue weighted by atomic mass is 16.1. The standard InChI is InChI=1S/C16H28N4O/c1-3-19(4-2)15-12-16(21)20(18-13-15)11-10-17-14-8-6-5-7-9-14/h12-14,17H,3-11H2,1-2H3. The van der Waals surface area contributed by atoms with Crippen molar-refractivity contribution in [3.8, 4) is 0 Å². The number of anilines is 1. The summed E-state index contributed by atoms with van der Waals surface area (Å²) in [6, 6.07) is 2.32. The van der Waals surface area contributed by atoms with Gasteiger partial charge >= 0.3 is 0 Å². The van der Waals surface area contributed by atoms with E-state index in [0.717, 1.165) is 25.3 Å². The van der Waals surface area contributed by atoms with Gasteiger partial charge in [0.15, 0.2) is 0 Å². The summed E-state index contributed by atoms with van der Waals surface area (Å²) in [5, 5.41) is 7.85. The lowest BCUT2D eigenvalue weighted by Crippen LogP contribution is -2.36. The third-order valence-electron chi connectivity index (χ3n) is 4.35. The van der Waals surface area contributed by atoms with Crippen molar-refractivity contribution in [1.82, 2.24) is 15.1 Å².